The van der Waals surface area contributed by atoms with Gasteiger partial charge in [-0.2, -0.15) is 0 Å². The standard InChI is InChI=1S/C8H12N2OS/c1-7-5-9-8(10-6-7)12-4-2-3-11/h5-6,11H,2-4H2,1H3. The van der Waals surface area contributed by atoms with Crippen molar-refractivity contribution in [2.24, 2.45) is 0 Å². The van der Waals surface area contributed by atoms with Crippen molar-refractivity contribution in [2.45, 2.75) is 18.5 Å². The summed E-state index contributed by atoms with van der Waals surface area (Å²) in [6.07, 6.45) is 4.39. The second-order valence-electron chi connectivity index (χ2n) is 2.47. The Labute approximate surface area is 76.2 Å². The fraction of sp³-hybridized carbons (Fsp3) is 0.500. The van der Waals surface area contributed by atoms with Gasteiger partial charge in [0.25, 0.3) is 0 Å². The van der Waals surface area contributed by atoms with E-state index < -0.39 is 0 Å². The maximum Gasteiger partial charge on any atom is 0.187 e. The summed E-state index contributed by atoms with van der Waals surface area (Å²) >= 11 is 1.57. The number of aliphatic hydroxyl groups excluding tert-OH is 1. The molecule has 0 aliphatic heterocycles. The van der Waals surface area contributed by atoms with Crippen LogP contribution in [-0.2, 0) is 0 Å². The van der Waals surface area contributed by atoms with Gasteiger partial charge in [-0.05, 0) is 18.9 Å². The minimum Gasteiger partial charge on any atom is -0.396 e. The molecule has 0 amide bonds. The number of aromatic nitrogens is 2. The van der Waals surface area contributed by atoms with Crippen LogP contribution in [-0.4, -0.2) is 27.4 Å². The summed E-state index contributed by atoms with van der Waals surface area (Å²) in [5.41, 5.74) is 1.07. The molecule has 0 saturated heterocycles. The highest BCUT2D eigenvalue weighted by molar-refractivity contribution is 7.99. The largest absolute Gasteiger partial charge is 0.396 e. The van der Waals surface area contributed by atoms with E-state index in [-0.39, 0.29) is 6.61 Å². The van der Waals surface area contributed by atoms with E-state index in [0.717, 1.165) is 22.9 Å². The highest BCUT2D eigenvalue weighted by Crippen LogP contribution is 2.12. The molecule has 12 heavy (non-hydrogen) atoms. The first-order chi connectivity index (χ1) is 5.83. The fourth-order valence-electron chi connectivity index (χ4n) is 0.683. The molecule has 0 aliphatic rings. The first-order valence-electron chi connectivity index (χ1n) is 3.85. The molecule has 0 spiro atoms. The quantitative estimate of drug-likeness (QED) is 0.435. The van der Waals surface area contributed by atoms with Crippen molar-refractivity contribution < 1.29 is 5.11 Å². The molecule has 0 unspecified atom stereocenters. The van der Waals surface area contributed by atoms with Crippen molar-refractivity contribution in [3.8, 4) is 0 Å². The van der Waals surface area contributed by atoms with Gasteiger partial charge in [0.05, 0.1) is 0 Å². The smallest absolute Gasteiger partial charge is 0.187 e. The molecular formula is C8H12N2OS. The van der Waals surface area contributed by atoms with Crippen LogP contribution < -0.4 is 0 Å². The minimum absolute atomic E-state index is 0.235. The minimum atomic E-state index is 0.235. The Kier molecular flexibility index (Phi) is 4.04. The number of aliphatic hydroxyl groups is 1. The normalized spacial score (nSPS) is 10.2. The van der Waals surface area contributed by atoms with Gasteiger partial charge in [-0.15, -0.1) is 0 Å². The summed E-state index contributed by atoms with van der Waals surface area (Å²) < 4.78 is 0. The summed E-state index contributed by atoms with van der Waals surface area (Å²) in [5.74, 6) is 0.875. The van der Waals surface area contributed by atoms with Gasteiger partial charge in [-0.1, -0.05) is 11.8 Å². The topological polar surface area (TPSA) is 46.0 Å². The van der Waals surface area contributed by atoms with Crippen molar-refractivity contribution in [1.29, 1.82) is 0 Å². The van der Waals surface area contributed by atoms with Crippen molar-refractivity contribution >= 4 is 11.8 Å². The number of hydrogen-bond donors (Lipinski definition) is 1. The van der Waals surface area contributed by atoms with Gasteiger partial charge in [0, 0.05) is 24.8 Å². The lowest BCUT2D eigenvalue weighted by Gasteiger charge is -1.97. The molecular weight excluding hydrogens is 172 g/mol. The summed E-state index contributed by atoms with van der Waals surface area (Å²) in [5, 5.41) is 9.32. The molecule has 0 fully saturated rings. The first-order valence-corrected chi connectivity index (χ1v) is 4.84. The van der Waals surface area contributed by atoms with E-state index in [0.29, 0.717) is 0 Å². The van der Waals surface area contributed by atoms with Gasteiger partial charge in [0.1, 0.15) is 0 Å². The van der Waals surface area contributed by atoms with Crippen LogP contribution in [0.2, 0.25) is 0 Å². The third-order valence-corrected chi connectivity index (χ3v) is 2.25. The molecule has 0 aliphatic carbocycles. The van der Waals surface area contributed by atoms with Gasteiger partial charge in [0.2, 0.25) is 0 Å². The molecule has 1 aromatic heterocycles. The third kappa shape index (κ3) is 3.19. The second kappa shape index (κ2) is 5.11. The molecule has 0 saturated carbocycles. The third-order valence-electron chi connectivity index (χ3n) is 1.29. The summed E-state index contributed by atoms with van der Waals surface area (Å²) in [7, 11) is 0. The van der Waals surface area contributed by atoms with Gasteiger partial charge in [0.15, 0.2) is 5.16 Å². The number of rotatable bonds is 4. The molecule has 0 bridgehead atoms. The molecule has 0 aromatic carbocycles. The Balaban J connectivity index is 2.37. The van der Waals surface area contributed by atoms with Crippen LogP contribution >= 0.6 is 11.8 Å². The zero-order valence-electron chi connectivity index (χ0n) is 7.03. The predicted molar refractivity (Wildman–Crippen MR) is 49.2 cm³/mol. The van der Waals surface area contributed by atoms with Crippen LogP contribution in [0.3, 0.4) is 0 Å². The average molecular weight is 184 g/mol. The van der Waals surface area contributed by atoms with E-state index in [1.807, 2.05) is 6.92 Å². The molecule has 1 rings (SSSR count). The van der Waals surface area contributed by atoms with Crippen molar-refractivity contribution in [3.05, 3.63) is 18.0 Å². The number of aryl methyl sites for hydroxylation is 1. The fourth-order valence-corrected chi connectivity index (χ4v) is 1.39. The van der Waals surface area contributed by atoms with Crippen molar-refractivity contribution in [2.75, 3.05) is 12.4 Å². The predicted octanol–water partition coefficient (Wildman–Crippen LogP) is 1.26. The van der Waals surface area contributed by atoms with Crippen LogP contribution in [0, 0.1) is 6.92 Å². The zero-order valence-corrected chi connectivity index (χ0v) is 7.84. The Morgan fingerprint density at radius 2 is 2.08 bits per heavy atom. The van der Waals surface area contributed by atoms with Gasteiger partial charge < -0.3 is 5.11 Å². The Bertz CT molecular complexity index is 225. The molecule has 1 N–H and O–H groups in total. The Morgan fingerprint density at radius 1 is 1.42 bits per heavy atom. The summed E-state index contributed by atoms with van der Waals surface area (Å²) in [6.45, 7) is 2.20. The van der Waals surface area contributed by atoms with Gasteiger partial charge in [-0.25, -0.2) is 9.97 Å². The zero-order chi connectivity index (χ0) is 8.81. The average Bonchev–Trinajstić information content (AvgIpc) is 2.09. The van der Waals surface area contributed by atoms with Crippen LogP contribution in [0.25, 0.3) is 0 Å². The second-order valence-corrected chi connectivity index (χ2v) is 3.53. The van der Waals surface area contributed by atoms with Crippen LogP contribution in [0.5, 0.6) is 0 Å². The lowest BCUT2D eigenvalue weighted by Crippen LogP contribution is -1.90. The highest BCUT2D eigenvalue weighted by atomic mass is 32.2. The van der Waals surface area contributed by atoms with Crippen molar-refractivity contribution in [1.82, 2.24) is 9.97 Å². The highest BCUT2D eigenvalue weighted by Gasteiger charge is 1.95. The molecule has 3 nitrogen and oxygen atoms in total. The molecule has 66 valence electrons. The lowest BCUT2D eigenvalue weighted by molar-refractivity contribution is 0.296. The summed E-state index contributed by atoms with van der Waals surface area (Å²) in [4.78, 5) is 8.24. The molecule has 0 radical (unpaired) electrons. The number of nitrogens with zero attached hydrogens (tertiary/aromatic N) is 2. The van der Waals surface area contributed by atoms with E-state index in [2.05, 4.69) is 9.97 Å². The van der Waals surface area contributed by atoms with Crippen LogP contribution in [0.4, 0.5) is 0 Å². The van der Waals surface area contributed by atoms with E-state index in [1.165, 1.54) is 0 Å². The monoisotopic (exact) mass is 184 g/mol. The number of thioether (sulfide) groups is 1. The van der Waals surface area contributed by atoms with E-state index in [1.54, 1.807) is 24.2 Å². The molecule has 4 heteroatoms. The van der Waals surface area contributed by atoms with E-state index in [9.17, 15) is 0 Å². The van der Waals surface area contributed by atoms with E-state index in [4.69, 9.17) is 5.11 Å². The number of hydrogen-bond acceptors (Lipinski definition) is 4. The summed E-state index contributed by atoms with van der Waals surface area (Å²) in [6, 6.07) is 0. The van der Waals surface area contributed by atoms with Crippen LogP contribution in [0.15, 0.2) is 17.6 Å². The lowest BCUT2D eigenvalue weighted by atomic mass is 10.4. The van der Waals surface area contributed by atoms with Crippen molar-refractivity contribution in [3.63, 3.8) is 0 Å². The molecule has 1 heterocycles. The van der Waals surface area contributed by atoms with Crippen LogP contribution in [0.1, 0.15) is 12.0 Å². The van der Waals surface area contributed by atoms with Gasteiger partial charge >= 0.3 is 0 Å². The van der Waals surface area contributed by atoms with E-state index >= 15 is 0 Å². The first kappa shape index (κ1) is 9.48. The maximum atomic E-state index is 8.53. The Hall–Kier alpha value is -0.610. The Morgan fingerprint density at radius 3 is 2.67 bits per heavy atom. The maximum absolute atomic E-state index is 8.53. The SMILES string of the molecule is Cc1cnc(SCCCO)nc1. The van der Waals surface area contributed by atoms with Gasteiger partial charge in [-0.3, -0.25) is 0 Å². The molecule has 0 atom stereocenters. The molecule has 1 aromatic rings.